The van der Waals surface area contributed by atoms with Gasteiger partial charge in [0.25, 0.3) is 0 Å². The lowest BCUT2D eigenvalue weighted by atomic mass is 10.1. The molecule has 3 heterocycles. The number of rotatable bonds is 5. The molecule has 6 nitrogen and oxygen atoms in total. The van der Waals surface area contributed by atoms with Gasteiger partial charge in [0, 0.05) is 45.4 Å². The van der Waals surface area contributed by atoms with Gasteiger partial charge < -0.3 is 9.64 Å². The first-order valence-electron chi connectivity index (χ1n) is 8.56. The van der Waals surface area contributed by atoms with Gasteiger partial charge in [0.05, 0.1) is 12.2 Å². The molecule has 0 aromatic carbocycles. The molecule has 2 saturated heterocycles. The zero-order chi connectivity index (χ0) is 18.9. The van der Waals surface area contributed by atoms with Gasteiger partial charge in [-0.25, -0.2) is 13.4 Å². The number of pyridine rings is 1. The maximum absolute atomic E-state index is 13.6. The van der Waals surface area contributed by atoms with Gasteiger partial charge in [-0.2, -0.15) is 17.5 Å². The third-order valence-electron chi connectivity index (χ3n) is 4.77. The lowest BCUT2D eigenvalue weighted by Gasteiger charge is -2.25. The molecule has 2 aliphatic rings. The Labute approximate surface area is 151 Å². The number of aromatic nitrogens is 1. The maximum Gasteiger partial charge on any atom is 0.420 e. The molecule has 0 spiro atoms. The highest BCUT2D eigenvalue weighted by molar-refractivity contribution is 7.89. The van der Waals surface area contributed by atoms with Crippen molar-refractivity contribution in [1.82, 2.24) is 9.29 Å². The fraction of sp³-hybridized carbons (Fsp3) is 0.688. The van der Waals surface area contributed by atoms with Gasteiger partial charge >= 0.3 is 6.18 Å². The van der Waals surface area contributed by atoms with E-state index in [0.29, 0.717) is 51.8 Å². The minimum atomic E-state index is -4.70. The van der Waals surface area contributed by atoms with Crippen molar-refractivity contribution in [3.63, 3.8) is 0 Å². The number of hydrogen-bond acceptors (Lipinski definition) is 5. The molecule has 146 valence electrons. The Kier molecular flexibility index (Phi) is 5.45. The Bertz CT molecular complexity index is 743. The molecule has 0 radical (unpaired) electrons. The fourth-order valence-electron chi connectivity index (χ4n) is 3.37. The number of sulfonamides is 1. The van der Waals surface area contributed by atoms with E-state index in [2.05, 4.69) is 4.98 Å². The first kappa shape index (κ1) is 19.4. The fourth-order valence-corrected chi connectivity index (χ4v) is 4.86. The third kappa shape index (κ3) is 3.96. The zero-order valence-electron chi connectivity index (χ0n) is 14.5. The predicted octanol–water partition coefficient (Wildman–Crippen LogP) is 2.36. The van der Waals surface area contributed by atoms with Gasteiger partial charge in [0.15, 0.2) is 0 Å². The van der Waals surface area contributed by atoms with Crippen LogP contribution in [0.3, 0.4) is 0 Å². The van der Waals surface area contributed by atoms with Gasteiger partial charge in [-0.15, -0.1) is 0 Å². The molecule has 2 fully saturated rings. The number of ether oxygens (including phenoxy) is 1. The highest BCUT2D eigenvalue weighted by Crippen LogP contribution is 2.37. The maximum atomic E-state index is 13.6. The summed E-state index contributed by atoms with van der Waals surface area (Å²) in [6.07, 6.45) is -1.46. The summed E-state index contributed by atoms with van der Waals surface area (Å²) in [5.41, 5.74) is -1.03. The van der Waals surface area contributed by atoms with E-state index in [9.17, 15) is 21.6 Å². The monoisotopic (exact) mass is 393 g/mol. The van der Waals surface area contributed by atoms with Gasteiger partial charge in [0.1, 0.15) is 10.7 Å². The van der Waals surface area contributed by atoms with Crippen LogP contribution in [-0.2, 0) is 20.9 Å². The van der Waals surface area contributed by atoms with E-state index in [0.717, 1.165) is 12.6 Å². The molecule has 0 aliphatic carbocycles. The quantitative estimate of drug-likeness (QED) is 0.769. The molecular weight excluding hydrogens is 371 g/mol. The van der Waals surface area contributed by atoms with Crippen LogP contribution in [0.4, 0.5) is 19.0 Å². The van der Waals surface area contributed by atoms with Crippen LogP contribution in [0.5, 0.6) is 0 Å². The summed E-state index contributed by atoms with van der Waals surface area (Å²) in [6, 6.07) is 0.706. The standard InChI is InChI=1S/C16H22F3N3O3S/c1-21(10-12-4-7-25-11-12)15-14(16(17,18)19)8-13(9-20-15)26(23,24)22-5-2-3-6-22/h8-9,12H,2-7,10-11H2,1H3. The molecule has 0 saturated carbocycles. The Morgan fingerprint density at radius 2 is 2.04 bits per heavy atom. The lowest BCUT2D eigenvalue weighted by Crippen LogP contribution is -2.30. The molecule has 0 N–H and O–H groups in total. The number of halogens is 3. The van der Waals surface area contributed by atoms with Crippen molar-refractivity contribution in [2.75, 3.05) is 44.8 Å². The molecular formula is C16H22F3N3O3S. The van der Waals surface area contributed by atoms with E-state index in [1.807, 2.05) is 0 Å². The van der Waals surface area contributed by atoms with Gasteiger partial charge in [0.2, 0.25) is 10.0 Å². The Hall–Kier alpha value is -1.39. The molecule has 1 unspecified atom stereocenters. The summed E-state index contributed by atoms with van der Waals surface area (Å²) in [5, 5.41) is 0. The average Bonchev–Trinajstić information content (AvgIpc) is 3.27. The van der Waals surface area contributed by atoms with Gasteiger partial charge in [-0.05, 0) is 25.3 Å². The van der Waals surface area contributed by atoms with E-state index in [-0.39, 0.29) is 11.7 Å². The summed E-state index contributed by atoms with van der Waals surface area (Å²) in [7, 11) is -2.42. The molecule has 2 aliphatic heterocycles. The van der Waals surface area contributed by atoms with Crippen LogP contribution in [0.15, 0.2) is 17.2 Å². The van der Waals surface area contributed by atoms with Gasteiger partial charge in [-0.1, -0.05) is 0 Å². The van der Waals surface area contributed by atoms with E-state index < -0.39 is 26.7 Å². The molecule has 1 aromatic heterocycles. The second-order valence-corrected chi connectivity index (χ2v) is 8.70. The SMILES string of the molecule is CN(CC1CCOC1)c1ncc(S(=O)(=O)N2CCCC2)cc1C(F)(F)F. The van der Waals surface area contributed by atoms with Crippen LogP contribution in [0.25, 0.3) is 0 Å². The summed E-state index contributed by atoms with van der Waals surface area (Å²) in [6.45, 7) is 2.13. The van der Waals surface area contributed by atoms with Crippen molar-refractivity contribution in [3.8, 4) is 0 Å². The molecule has 0 bridgehead atoms. The topological polar surface area (TPSA) is 62.7 Å². The minimum Gasteiger partial charge on any atom is -0.381 e. The molecule has 10 heteroatoms. The number of hydrogen-bond donors (Lipinski definition) is 0. The van der Waals surface area contributed by atoms with Crippen molar-refractivity contribution in [2.24, 2.45) is 5.92 Å². The van der Waals surface area contributed by atoms with E-state index >= 15 is 0 Å². The second kappa shape index (κ2) is 7.32. The largest absolute Gasteiger partial charge is 0.420 e. The van der Waals surface area contributed by atoms with E-state index in [4.69, 9.17) is 4.74 Å². The Morgan fingerprint density at radius 3 is 2.62 bits per heavy atom. The van der Waals surface area contributed by atoms with Gasteiger partial charge in [-0.3, -0.25) is 0 Å². The Morgan fingerprint density at radius 1 is 1.35 bits per heavy atom. The van der Waals surface area contributed by atoms with Crippen LogP contribution in [0.1, 0.15) is 24.8 Å². The van der Waals surface area contributed by atoms with Crippen molar-refractivity contribution in [3.05, 3.63) is 17.8 Å². The number of anilines is 1. The summed E-state index contributed by atoms with van der Waals surface area (Å²) in [4.78, 5) is 4.90. The summed E-state index contributed by atoms with van der Waals surface area (Å²) in [5.74, 6) is -0.124. The van der Waals surface area contributed by atoms with Crippen molar-refractivity contribution >= 4 is 15.8 Å². The molecule has 1 atom stereocenters. The average molecular weight is 393 g/mol. The zero-order valence-corrected chi connectivity index (χ0v) is 15.3. The highest BCUT2D eigenvalue weighted by Gasteiger charge is 2.38. The summed E-state index contributed by atoms with van der Waals surface area (Å²) >= 11 is 0. The normalized spacial score (nSPS) is 22.1. The van der Waals surface area contributed by atoms with E-state index in [1.54, 1.807) is 0 Å². The molecule has 1 aromatic rings. The lowest BCUT2D eigenvalue weighted by molar-refractivity contribution is -0.137. The minimum absolute atomic E-state index is 0.135. The van der Waals surface area contributed by atoms with Crippen LogP contribution >= 0.6 is 0 Å². The molecule has 3 rings (SSSR count). The molecule has 26 heavy (non-hydrogen) atoms. The van der Waals surface area contributed by atoms with E-state index in [1.165, 1.54) is 16.3 Å². The van der Waals surface area contributed by atoms with Crippen molar-refractivity contribution in [1.29, 1.82) is 0 Å². The Balaban J connectivity index is 1.93. The van der Waals surface area contributed by atoms with Crippen LogP contribution in [-0.4, -0.2) is 57.6 Å². The van der Waals surface area contributed by atoms with Crippen LogP contribution in [0, 0.1) is 5.92 Å². The second-order valence-electron chi connectivity index (χ2n) is 6.76. The first-order chi connectivity index (χ1) is 12.2. The third-order valence-corrected chi connectivity index (χ3v) is 6.63. The van der Waals surface area contributed by atoms with Crippen molar-refractivity contribution in [2.45, 2.75) is 30.3 Å². The smallest absolute Gasteiger partial charge is 0.381 e. The van der Waals surface area contributed by atoms with Crippen LogP contribution < -0.4 is 4.90 Å². The van der Waals surface area contributed by atoms with Crippen molar-refractivity contribution < 1.29 is 26.3 Å². The summed E-state index contributed by atoms with van der Waals surface area (Å²) < 4.78 is 72.3. The highest BCUT2D eigenvalue weighted by atomic mass is 32.2. The molecule has 0 amide bonds. The number of nitrogens with zero attached hydrogens (tertiary/aromatic N) is 3. The first-order valence-corrected chi connectivity index (χ1v) is 10.00. The number of alkyl halides is 3. The van der Waals surface area contributed by atoms with Crippen LogP contribution in [0.2, 0.25) is 0 Å². The predicted molar refractivity (Wildman–Crippen MR) is 89.4 cm³/mol.